The van der Waals surface area contributed by atoms with Gasteiger partial charge in [0.1, 0.15) is 5.82 Å². The second kappa shape index (κ2) is 4.00. The summed E-state index contributed by atoms with van der Waals surface area (Å²) in [7, 11) is 0. The van der Waals surface area contributed by atoms with E-state index < -0.39 is 5.54 Å². The summed E-state index contributed by atoms with van der Waals surface area (Å²) in [6.07, 6.45) is 0. The number of hydrogen-bond donors (Lipinski definition) is 1. The van der Waals surface area contributed by atoms with E-state index >= 15 is 0 Å². The third-order valence-corrected chi connectivity index (χ3v) is 3.93. The predicted octanol–water partition coefficient (Wildman–Crippen LogP) is 3.42. The largest absolute Gasteiger partial charge is 0.317 e. The first kappa shape index (κ1) is 11.3. The molecule has 0 saturated carbocycles. The first-order valence-corrected chi connectivity index (χ1v) is 5.93. The van der Waals surface area contributed by atoms with Crippen molar-refractivity contribution in [3.63, 3.8) is 0 Å². The molecule has 0 radical (unpaired) electrons. The van der Waals surface area contributed by atoms with E-state index in [-0.39, 0.29) is 5.82 Å². The van der Waals surface area contributed by atoms with E-state index in [0.717, 1.165) is 10.4 Å². The van der Waals surface area contributed by atoms with Crippen LogP contribution in [0.4, 0.5) is 4.39 Å². The molecule has 1 aromatic carbocycles. The quantitative estimate of drug-likeness (QED) is 0.848. The molecule has 16 heavy (non-hydrogen) atoms. The second-order valence-corrected chi connectivity index (χ2v) is 5.41. The number of halogens is 1. The van der Waals surface area contributed by atoms with Gasteiger partial charge in [-0.15, -0.1) is 11.3 Å². The highest BCUT2D eigenvalue weighted by Crippen LogP contribution is 2.31. The van der Waals surface area contributed by atoms with Gasteiger partial charge in [0.2, 0.25) is 0 Å². The van der Waals surface area contributed by atoms with Crippen LogP contribution in [0.3, 0.4) is 0 Å². The van der Waals surface area contributed by atoms with Crippen molar-refractivity contribution < 1.29 is 4.39 Å². The lowest BCUT2D eigenvalue weighted by Crippen LogP contribution is -2.33. The Morgan fingerprint density at radius 2 is 1.75 bits per heavy atom. The summed E-state index contributed by atoms with van der Waals surface area (Å²) in [5, 5.41) is 0. The van der Waals surface area contributed by atoms with Crippen LogP contribution in [0.25, 0.3) is 0 Å². The van der Waals surface area contributed by atoms with E-state index in [2.05, 4.69) is 13.0 Å². The Kier molecular flexibility index (Phi) is 2.82. The van der Waals surface area contributed by atoms with Gasteiger partial charge in [0.25, 0.3) is 0 Å². The first-order chi connectivity index (χ1) is 7.50. The van der Waals surface area contributed by atoms with Gasteiger partial charge in [-0.05, 0) is 43.7 Å². The summed E-state index contributed by atoms with van der Waals surface area (Å²) in [6, 6.07) is 10.5. The third-order valence-electron chi connectivity index (χ3n) is 2.70. The molecular weight excluding hydrogens is 221 g/mol. The van der Waals surface area contributed by atoms with E-state index in [4.69, 9.17) is 5.73 Å². The topological polar surface area (TPSA) is 26.0 Å². The van der Waals surface area contributed by atoms with Crippen LogP contribution in [-0.4, -0.2) is 0 Å². The first-order valence-electron chi connectivity index (χ1n) is 5.12. The van der Waals surface area contributed by atoms with Gasteiger partial charge in [-0.1, -0.05) is 12.1 Å². The van der Waals surface area contributed by atoms with Crippen molar-refractivity contribution in [1.82, 2.24) is 0 Å². The van der Waals surface area contributed by atoms with Crippen molar-refractivity contribution in [2.75, 3.05) is 0 Å². The van der Waals surface area contributed by atoms with Gasteiger partial charge in [0.05, 0.1) is 5.54 Å². The molecule has 0 saturated heterocycles. The van der Waals surface area contributed by atoms with E-state index in [9.17, 15) is 4.39 Å². The van der Waals surface area contributed by atoms with Crippen molar-refractivity contribution >= 4 is 11.3 Å². The van der Waals surface area contributed by atoms with Gasteiger partial charge in [-0.25, -0.2) is 4.39 Å². The smallest absolute Gasteiger partial charge is 0.123 e. The molecule has 1 aromatic heterocycles. The average molecular weight is 235 g/mol. The number of thiophene rings is 1. The van der Waals surface area contributed by atoms with Crippen LogP contribution >= 0.6 is 11.3 Å². The van der Waals surface area contributed by atoms with Crippen molar-refractivity contribution in [1.29, 1.82) is 0 Å². The summed E-state index contributed by atoms with van der Waals surface area (Å²) in [4.78, 5) is 2.32. The Morgan fingerprint density at radius 1 is 1.12 bits per heavy atom. The molecule has 3 heteroatoms. The van der Waals surface area contributed by atoms with Crippen LogP contribution in [0, 0.1) is 12.7 Å². The summed E-state index contributed by atoms with van der Waals surface area (Å²) in [6.45, 7) is 4.00. The minimum absolute atomic E-state index is 0.234. The fraction of sp³-hybridized carbons (Fsp3) is 0.231. The molecule has 1 nitrogen and oxygen atoms in total. The molecule has 0 bridgehead atoms. The lowest BCUT2D eigenvalue weighted by Gasteiger charge is -2.23. The minimum Gasteiger partial charge on any atom is -0.317 e. The molecule has 0 fully saturated rings. The molecule has 2 N–H and O–H groups in total. The number of hydrogen-bond acceptors (Lipinski definition) is 2. The zero-order chi connectivity index (χ0) is 11.8. The molecular formula is C13H14FNS. The molecule has 0 aliphatic rings. The second-order valence-electron chi connectivity index (χ2n) is 4.12. The van der Waals surface area contributed by atoms with Crippen LogP contribution < -0.4 is 5.73 Å². The summed E-state index contributed by atoms with van der Waals surface area (Å²) in [5.41, 5.74) is 6.69. The molecule has 0 aliphatic heterocycles. The maximum Gasteiger partial charge on any atom is 0.123 e. The van der Waals surface area contributed by atoms with E-state index in [0.29, 0.717) is 0 Å². The molecule has 1 heterocycles. The van der Waals surface area contributed by atoms with E-state index in [1.807, 2.05) is 13.0 Å². The fourth-order valence-electron chi connectivity index (χ4n) is 1.65. The van der Waals surface area contributed by atoms with Crippen LogP contribution in [0.1, 0.15) is 22.2 Å². The molecule has 1 atom stereocenters. The Balaban J connectivity index is 2.42. The van der Waals surface area contributed by atoms with Crippen molar-refractivity contribution in [3.05, 3.63) is 57.5 Å². The highest BCUT2D eigenvalue weighted by atomic mass is 32.1. The normalized spacial score (nSPS) is 14.8. The fourth-order valence-corrected chi connectivity index (χ4v) is 2.60. The molecule has 0 spiro atoms. The summed E-state index contributed by atoms with van der Waals surface area (Å²) in [5.74, 6) is -0.234. The molecule has 1 unspecified atom stereocenters. The average Bonchev–Trinajstić information content (AvgIpc) is 2.66. The van der Waals surface area contributed by atoms with Crippen LogP contribution in [-0.2, 0) is 5.54 Å². The van der Waals surface area contributed by atoms with Crippen LogP contribution in [0.15, 0.2) is 36.4 Å². The van der Waals surface area contributed by atoms with Gasteiger partial charge in [-0.3, -0.25) is 0 Å². The van der Waals surface area contributed by atoms with Gasteiger partial charge in [-0.2, -0.15) is 0 Å². The predicted molar refractivity (Wildman–Crippen MR) is 66.1 cm³/mol. The van der Waals surface area contributed by atoms with Crippen molar-refractivity contribution in [2.45, 2.75) is 19.4 Å². The molecule has 0 aliphatic carbocycles. The molecule has 2 rings (SSSR count). The standard InChI is InChI=1S/C13H14FNS/c1-9-3-8-12(16-9)13(2,15)10-4-6-11(14)7-5-10/h3-8H,15H2,1-2H3. The molecule has 0 amide bonds. The van der Waals surface area contributed by atoms with Crippen molar-refractivity contribution in [2.24, 2.45) is 5.73 Å². The SMILES string of the molecule is Cc1ccc(C(C)(N)c2ccc(F)cc2)s1. The van der Waals surface area contributed by atoms with Crippen LogP contribution in [0.2, 0.25) is 0 Å². The van der Waals surface area contributed by atoms with Gasteiger partial charge in [0, 0.05) is 9.75 Å². The molecule has 2 aromatic rings. The zero-order valence-electron chi connectivity index (χ0n) is 9.33. The van der Waals surface area contributed by atoms with E-state index in [1.165, 1.54) is 17.0 Å². The lowest BCUT2D eigenvalue weighted by atomic mass is 9.91. The van der Waals surface area contributed by atoms with Gasteiger partial charge < -0.3 is 5.73 Å². The van der Waals surface area contributed by atoms with Crippen molar-refractivity contribution in [3.8, 4) is 0 Å². The number of benzene rings is 1. The Hall–Kier alpha value is -1.19. The van der Waals surface area contributed by atoms with E-state index in [1.54, 1.807) is 23.5 Å². The third kappa shape index (κ3) is 2.01. The minimum atomic E-state index is -0.549. The summed E-state index contributed by atoms with van der Waals surface area (Å²) < 4.78 is 12.8. The summed E-state index contributed by atoms with van der Waals surface area (Å²) >= 11 is 1.67. The Bertz CT molecular complexity index is 485. The number of nitrogens with two attached hydrogens (primary N) is 1. The Labute approximate surface area is 98.7 Å². The number of rotatable bonds is 2. The maximum absolute atomic E-state index is 12.8. The monoisotopic (exact) mass is 235 g/mol. The zero-order valence-corrected chi connectivity index (χ0v) is 10.1. The highest BCUT2D eigenvalue weighted by Gasteiger charge is 2.25. The number of aryl methyl sites for hydroxylation is 1. The van der Waals surface area contributed by atoms with Gasteiger partial charge >= 0.3 is 0 Å². The van der Waals surface area contributed by atoms with Gasteiger partial charge in [0.15, 0.2) is 0 Å². The van der Waals surface area contributed by atoms with Crippen LogP contribution in [0.5, 0.6) is 0 Å². The molecule has 84 valence electrons. The highest BCUT2D eigenvalue weighted by molar-refractivity contribution is 7.12. The lowest BCUT2D eigenvalue weighted by molar-refractivity contribution is 0.602. The maximum atomic E-state index is 12.8. The Morgan fingerprint density at radius 3 is 2.25 bits per heavy atom.